The van der Waals surface area contributed by atoms with Crippen molar-refractivity contribution in [1.29, 1.82) is 0 Å². The zero-order valence-corrected chi connectivity index (χ0v) is 14.1. The second-order valence-corrected chi connectivity index (χ2v) is 6.94. The fourth-order valence-corrected chi connectivity index (χ4v) is 2.40. The van der Waals surface area contributed by atoms with Crippen LogP contribution in [0.25, 0.3) is 0 Å². The Morgan fingerprint density at radius 3 is 2.70 bits per heavy atom. The van der Waals surface area contributed by atoms with Crippen molar-refractivity contribution in [2.45, 2.75) is 32.8 Å². The smallest absolute Gasteiger partial charge is 0.410 e. The highest BCUT2D eigenvalue weighted by atomic mass is 35.5. The van der Waals surface area contributed by atoms with E-state index in [2.05, 4.69) is 5.32 Å². The second-order valence-electron chi connectivity index (χ2n) is 6.53. The summed E-state index contributed by atoms with van der Waals surface area (Å²) in [5.74, 6) is -1.19. The molecule has 2 amide bonds. The molecule has 0 saturated carbocycles. The summed E-state index contributed by atoms with van der Waals surface area (Å²) in [6, 6.07) is 4.08. The molecule has 1 aromatic rings. The average molecular weight is 343 g/mol. The molecule has 1 aliphatic heterocycles. The van der Waals surface area contributed by atoms with Gasteiger partial charge in [0.05, 0.1) is 10.9 Å². The lowest BCUT2D eigenvalue weighted by molar-refractivity contribution is -0.119. The number of carbonyl (C=O) groups excluding carboxylic acids is 2. The topological polar surface area (TPSA) is 58.6 Å². The maximum Gasteiger partial charge on any atom is 0.410 e. The lowest BCUT2D eigenvalue weighted by atomic mass is 10.1. The molecule has 1 heterocycles. The van der Waals surface area contributed by atoms with E-state index >= 15 is 0 Å². The Labute approximate surface area is 139 Å². The van der Waals surface area contributed by atoms with E-state index in [-0.39, 0.29) is 23.4 Å². The largest absolute Gasteiger partial charge is 0.444 e. The van der Waals surface area contributed by atoms with Crippen LogP contribution in [0.2, 0.25) is 5.02 Å². The molecule has 126 valence electrons. The van der Waals surface area contributed by atoms with Crippen molar-refractivity contribution in [2.75, 3.05) is 18.4 Å². The standard InChI is InChI=1S/C16H20ClFN2O3/c1-16(2,3)23-15(22)20-7-6-10(9-20)14(21)19-11-4-5-12(17)13(18)8-11/h4-5,8,10H,6-7,9H2,1-3H3,(H,19,21). The van der Waals surface area contributed by atoms with E-state index in [0.29, 0.717) is 18.7 Å². The van der Waals surface area contributed by atoms with Gasteiger partial charge >= 0.3 is 6.09 Å². The highest BCUT2D eigenvalue weighted by Gasteiger charge is 2.33. The van der Waals surface area contributed by atoms with E-state index in [1.807, 2.05) is 0 Å². The predicted octanol–water partition coefficient (Wildman–Crippen LogP) is 3.67. The number of halogens is 2. The number of carbonyl (C=O) groups is 2. The molecule has 2 rings (SSSR count). The molecule has 0 bridgehead atoms. The minimum atomic E-state index is -0.591. The summed E-state index contributed by atoms with van der Waals surface area (Å²) in [6.07, 6.45) is 0.117. The molecule has 1 aliphatic rings. The quantitative estimate of drug-likeness (QED) is 0.892. The predicted molar refractivity (Wildman–Crippen MR) is 86.0 cm³/mol. The van der Waals surface area contributed by atoms with Crippen molar-refractivity contribution >= 4 is 29.3 Å². The maximum atomic E-state index is 13.4. The Balaban J connectivity index is 1.92. The van der Waals surface area contributed by atoms with E-state index in [1.54, 1.807) is 20.8 Å². The Morgan fingerprint density at radius 1 is 1.39 bits per heavy atom. The van der Waals surface area contributed by atoms with E-state index in [0.717, 1.165) is 0 Å². The number of likely N-dealkylation sites (tertiary alicyclic amines) is 1. The van der Waals surface area contributed by atoms with Gasteiger partial charge in [-0.15, -0.1) is 0 Å². The third kappa shape index (κ3) is 4.82. The summed E-state index contributed by atoms with van der Waals surface area (Å²) in [7, 11) is 0. The van der Waals surface area contributed by atoms with Crippen LogP contribution in [0.1, 0.15) is 27.2 Å². The molecule has 0 aliphatic carbocycles. The molecule has 7 heteroatoms. The number of ether oxygens (including phenoxy) is 1. The van der Waals surface area contributed by atoms with Crippen LogP contribution >= 0.6 is 11.6 Å². The monoisotopic (exact) mass is 342 g/mol. The van der Waals surface area contributed by atoms with E-state index in [4.69, 9.17) is 16.3 Å². The molecular formula is C16H20ClFN2O3. The first-order valence-electron chi connectivity index (χ1n) is 7.39. The van der Waals surface area contributed by atoms with Crippen LogP contribution in [0.15, 0.2) is 18.2 Å². The maximum absolute atomic E-state index is 13.4. The van der Waals surface area contributed by atoms with Gasteiger partial charge in [-0.25, -0.2) is 9.18 Å². The van der Waals surface area contributed by atoms with Gasteiger partial charge in [0.1, 0.15) is 11.4 Å². The van der Waals surface area contributed by atoms with Crippen molar-refractivity contribution in [3.8, 4) is 0 Å². The molecular weight excluding hydrogens is 323 g/mol. The van der Waals surface area contributed by atoms with Gasteiger partial charge in [0.15, 0.2) is 0 Å². The van der Waals surface area contributed by atoms with E-state index in [9.17, 15) is 14.0 Å². The zero-order chi connectivity index (χ0) is 17.2. The fourth-order valence-electron chi connectivity index (χ4n) is 2.28. The molecule has 1 atom stereocenters. The number of nitrogens with one attached hydrogen (secondary N) is 1. The average Bonchev–Trinajstić information content (AvgIpc) is 2.91. The Morgan fingerprint density at radius 2 is 2.09 bits per heavy atom. The van der Waals surface area contributed by atoms with Crippen LogP contribution in [-0.2, 0) is 9.53 Å². The van der Waals surface area contributed by atoms with Gasteiger partial charge < -0.3 is 15.0 Å². The number of hydrogen-bond donors (Lipinski definition) is 1. The van der Waals surface area contributed by atoms with Crippen LogP contribution in [-0.4, -0.2) is 35.6 Å². The van der Waals surface area contributed by atoms with E-state index in [1.165, 1.54) is 23.1 Å². The summed E-state index contributed by atoms with van der Waals surface area (Å²) < 4.78 is 18.7. The highest BCUT2D eigenvalue weighted by Crippen LogP contribution is 2.23. The van der Waals surface area contributed by atoms with Gasteiger partial charge in [-0.1, -0.05) is 11.6 Å². The number of benzene rings is 1. The molecule has 1 unspecified atom stereocenters. The van der Waals surface area contributed by atoms with Gasteiger partial charge in [-0.05, 0) is 45.4 Å². The summed E-state index contributed by atoms with van der Waals surface area (Å²) in [6.45, 7) is 6.12. The van der Waals surface area contributed by atoms with Crippen molar-refractivity contribution in [2.24, 2.45) is 5.92 Å². The minimum Gasteiger partial charge on any atom is -0.444 e. The number of rotatable bonds is 2. The SMILES string of the molecule is CC(C)(C)OC(=O)N1CCC(C(=O)Nc2ccc(Cl)c(F)c2)C1. The molecule has 0 aromatic heterocycles. The Kier molecular flexibility index (Phi) is 5.14. The highest BCUT2D eigenvalue weighted by molar-refractivity contribution is 6.30. The number of hydrogen-bond acceptors (Lipinski definition) is 3. The molecule has 5 nitrogen and oxygen atoms in total. The van der Waals surface area contributed by atoms with Gasteiger partial charge in [-0.3, -0.25) is 4.79 Å². The fraction of sp³-hybridized carbons (Fsp3) is 0.500. The van der Waals surface area contributed by atoms with Crippen molar-refractivity contribution in [3.63, 3.8) is 0 Å². The van der Waals surface area contributed by atoms with Crippen LogP contribution in [0.5, 0.6) is 0 Å². The van der Waals surface area contributed by atoms with Crippen LogP contribution in [0, 0.1) is 11.7 Å². The minimum absolute atomic E-state index is 0.0000313. The van der Waals surface area contributed by atoms with Crippen molar-refractivity contribution < 1.29 is 18.7 Å². The molecule has 1 N–H and O–H groups in total. The third-order valence-electron chi connectivity index (χ3n) is 3.40. The molecule has 0 spiro atoms. The first-order chi connectivity index (χ1) is 10.7. The van der Waals surface area contributed by atoms with Crippen LogP contribution < -0.4 is 5.32 Å². The summed E-state index contributed by atoms with van der Waals surface area (Å²) in [5, 5.41) is 2.64. The second kappa shape index (κ2) is 6.74. The number of amides is 2. The first-order valence-corrected chi connectivity index (χ1v) is 7.77. The summed E-state index contributed by atoms with van der Waals surface area (Å²) in [5.41, 5.74) is -0.231. The molecule has 23 heavy (non-hydrogen) atoms. The van der Waals surface area contributed by atoms with Crippen molar-refractivity contribution in [1.82, 2.24) is 4.90 Å². The third-order valence-corrected chi connectivity index (χ3v) is 3.70. The molecule has 0 radical (unpaired) electrons. The van der Waals surface area contributed by atoms with Gasteiger partial charge in [-0.2, -0.15) is 0 Å². The van der Waals surface area contributed by atoms with Crippen molar-refractivity contribution in [3.05, 3.63) is 29.0 Å². The number of anilines is 1. The lowest BCUT2D eigenvalue weighted by Crippen LogP contribution is -2.36. The normalized spacial score (nSPS) is 18.0. The lowest BCUT2D eigenvalue weighted by Gasteiger charge is -2.24. The van der Waals surface area contributed by atoms with Crippen LogP contribution in [0.4, 0.5) is 14.9 Å². The molecule has 1 fully saturated rings. The van der Waals surface area contributed by atoms with Gasteiger partial charge in [0.25, 0.3) is 0 Å². The Bertz CT molecular complexity index is 616. The first kappa shape index (κ1) is 17.5. The Hall–Kier alpha value is -1.82. The summed E-state index contributed by atoms with van der Waals surface area (Å²) >= 11 is 5.61. The van der Waals surface area contributed by atoms with Crippen LogP contribution in [0.3, 0.4) is 0 Å². The van der Waals surface area contributed by atoms with E-state index < -0.39 is 17.5 Å². The molecule has 1 saturated heterocycles. The zero-order valence-electron chi connectivity index (χ0n) is 13.4. The number of nitrogens with zero attached hydrogens (tertiary/aromatic N) is 1. The molecule has 1 aromatic carbocycles. The van der Waals surface area contributed by atoms with Gasteiger partial charge in [0.2, 0.25) is 5.91 Å². The summed E-state index contributed by atoms with van der Waals surface area (Å²) in [4.78, 5) is 25.7. The van der Waals surface area contributed by atoms with Gasteiger partial charge in [0, 0.05) is 18.8 Å².